The van der Waals surface area contributed by atoms with Crippen LogP contribution < -0.4 is 5.32 Å². The molecule has 1 aromatic heterocycles. The molecule has 6 nitrogen and oxygen atoms in total. The Morgan fingerprint density at radius 2 is 1.80 bits per heavy atom. The standard InChI is InChI=1S/C18H21NO5S/c1-2-16(23)19-14-6-5-12(17(24)15-4-3-7-25-15)8-13(14)18(9-20,10-21)11-22/h3-8,20-22H,2,9-11H2,1H3,(H,19,23). The van der Waals surface area contributed by atoms with Crippen molar-refractivity contribution in [1.29, 1.82) is 0 Å². The maximum Gasteiger partial charge on any atom is 0.224 e. The molecule has 0 saturated carbocycles. The van der Waals surface area contributed by atoms with Crippen LogP contribution in [0.25, 0.3) is 0 Å². The predicted octanol–water partition coefficient (Wildman–Crippen LogP) is 1.54. The maximum atomic E-state index is 12.6. The Kier molecular flexibility index (Phi) is 6.44. The summed E-state index contributed by atoms with van der Waals surface area (Å²) in [6.45, 7) is 0.0873. The minimum Gasteiger partial charge on any atom is -0.395 e. The van der Waals surface area contributed by atoms with E-state index in [2.05, 4.69) is 5.32 Å². The largest absolute Gasteiger partial charge is 0.395 e. The van der Waals surface area contributed by atoms with Crippen molar-refractivity contribution in [3.63, 3.8) is 0 Å². The molecule has 0 aliphatic rings. The van der Waals surface area contributed by atoms with Crippen LogP contribution in [0.2, 0.25) is 0 Å². The first-order valence-electron chi connectivity index (χ1n) is 7.86. The molecular weight excluding hydrogens is 342 g/mol. The molecule has 0 saturated heterocycles. The summed E-state index contributed by atoms with van der Waals surface area (Å²) in [7, 11) is 0. The summed E-state index contributed by atoms with van der Waals surface area (Å²) in [5, 5.41) is 33.7. The molecule has 134 valence electrons. The van der Waals surface area contributed by atoms with Crippen LogP contribution >= 0.6 is 11.3 Å². The first kappa shape index (κ1) is 19.3. The van der Waals surface area contributed by atoms with Gasteiger partial charge in [-0.15, -0.1) is 11.3 Å². The minimum absolute atomic E-state index is 0.202. The zero-order valence-electron chi connectivity index (χ0n) is 13.9. The molecule has 1 amide bonds. The van der Waals surface area contributed by atoms with Crippen LogP contribution in [0, 0.1) is 0 Å². The average molecular weight is 363 g/mol. The maximum absolute atomic E-state index is 12.6. The number of hydrogen-bond acceptors (Lipinski definition) is 6. The number of nitrogens with one attached hydrogen (secondary N) is 1. The lowest BCUT2D eigenvalue weighted by molar-refractivity contribution is -0.115. The van der Waals surface area contributed by atoms with Crippen molar-refractivity contribution in [2.24, 2.45) is 0 Å². The Morgan fingerprint density at radius 3 is 2.32 bits per heavy atom. The molecule has 2 aromatic rings. The number of anilines is 1. The van der Waals surface area contributed by atoms with Gasteiger partial charge in [0.25, 0.3) is 0 Å². The molecule has 0 radical (unpaired) electrons. The summed E-state index contributed by atoms with van der Waals surface area (Å²) in [4.78, 5) is 24.9. The molecule has 7 heteroatoms. The van der Waals surface area contributed by atoms with E-state index >= 15 is 0 Å². The number of aliphatic hydroxyl groups is 3. The highest BCUT2D eigenvalue weighted by atomic mass is 32.1. The van der Waals surface area contributed by atoms with E-state index in [0.29, 0.717) is 21.7 Å². The molecule has 0 spiro atoms. The van der Waals surface area contributed by atoms with Crippen LogP contribution in [0.5, 0.6) is 0 Å². The number of benzene rings is 1. The van der Waals surface area contributed by atoms with Crippen LogP contribution in [-0.4, -0.2) is 46.8 Å². The molecule has 0 aliphatic heterocycles. The van der Waals surface area contributed by atoms with Gasteiger partial charge in [-0.05, 0) is 35.2 Å². The number of rotatable bonds is 8. The molecule has 0 atom stereocenters. The van der Waals surface area contributed by atoms with Crippen LogP contribution in [0.15, 0.2) is 35.7 Å². The normalized spacial score (nSPS) is 11.4. The van der Waals surface area contributed by atoms with E-state index in [1.165, 1.54) is 17.4 Å². The molecule has 1 aromatic carbocycles. The number of ketones is 1. The van der Waals surface area contributed by atoms with Crippen molar-refractivity contribution in [3.05, 3.63) is 51.7 Å². The third-order valence-electron chi connectivity index (χ3n) is 4.10. The van der Waals surface area contributed by atoms with E-state index in [9.17, 15) is 24.9 Å². The number of aliphatic hydroxyl groups excluding tert-OH is 3. The van der Waals surface area contributed by atoms with Gasteiger partial charge in [-0.25, -0.2) is 0 Å². The van der Waals surface area contributed by atoms with Gasteiger partial charge in [0.2, 0.25) is 11.7 Å². The van der Waals surface area contributed by atoms with Crippen molar-refractivity contribution >= 4 is 28.7 Å². The Balaban J connectivity index is 2.55. The molecular formula is C18H21NO5S. The van der Waals surface area contributed by atoms with E-state index in [-0.39, 0.29) is 18.1 Å². The SMILES string of the molecule is CCC(=O)Nc1ccc(C(=O)c2cccs2)cc1C(CO)(CO)CO. The highest BCUT2D eigenvalue weighted by Gasteiger charge is 2.34. The summed E-state index contributed by atoms with van der Waals surface area (Å²) < 4.78 is 0. The van der Waals surface area contributed by atoms with Gasteiger partial charge in [-0.3, -0.25) is 9.59 Å². The van der Waals surface area contributed by atoms with E-state index in [4.69, 9.17) is 0 Å². The highest BCUT2D eigenvalue weighted by Crippen LogP contribution is 2.32. The zero-order chi connectivity index (χ0) is 18.4. The third-order valence-corrected chi connectivity index (χ3v) is 4.97. The van der Waals surface area contributed by atoms with Crippen molar-refractivity contribution in [2.45, 2.75) is 18.8 Å². The second-order valence-corrected chi connectivity index (χ2v) is 6.67. The van der Waals surface area contributed by atoms with Crippen LogP contribution in [0.1, 0.15) is 34.1 Å². The summed E-state index contributed by atoms with van der Waals surface area (Å²) in [5.41, 5.74) is -0.343. The van der Waals surface area contributed by atoms with Gasteiger partial charge in [0, 0.05) is 17.7 Å². The molecule has 1 heterocycles. The summed E-state index contributed by atoms with van der Waals surface area (Å²) in [6.07, 6.45) is 0.250. The second kappa shape index (κ2) is 8.35. The molecule has 0 unspecified atom stereocenters. The number of amides is 1. The van der Waals surface area contributed by atoms with Crippen LogP contribution in [0.4, 0.5) is 5.69 Å². The van der Waals surface area contributed by atoms with Gasteiger partial charge < -0.3 is 20.6 Å². The quantitative estimate of drug-likeness (QED) is 0.532. The lowest BCUT2D eigenvalue weighted by atomic mass is 9.80. The molecule has 0 fully saturated rings. The lowest BCUT2D eigenvalue weighted by Crippen LogP contribution is -2.39. The summed E-state index contributed by atoms with van der Waals surface area (Å²) in [5.74, 6) is -0.450. The summed E-state index contributed by atoms with van der Waals surface area (Å²) in [6, 6.07) is 8.12. The van der Waals surface area contributed by atoms with Gasteiger partial charge >= 0.3 is 0 Å². The number of thiophene rings is 1. The van der Waals surface area contributed by atoms with Gasteiger partial charge in [0.05, 0.1) is 30.1 Å². The second-order valence-electron chi connectivity index (χ2n) is 5.72. The molecule has 0 aliphatic carbocycles. The zero-order valence-corrected chi connectivity index (χ0v) is 14.7. The van der Waals surface area contributed by atoms with Crippen LogP contribution in [0.3, 0.4) is 0 Å². The number of hydrogen-bond donors (Lipinski definition) is 4. The fraction of sp³-hybridized carbons (Fsp3) is 0.333. The van der Waals surface area contributed by atoms with Gasteiger partial charge in [0.1, 0.15) is 0 Å². The number of carbonyl (C=O) groups excluding carboxylic acids is 2. The third kappa shape index (κ3) is 3.96. The minimum atomic E-state index is -1.37. The van der Waals surface area contributed by atoms with Crippen molar-refractivity contribution in [2.75, 3.05) is 25.1 Å². The first-order valence-corrected chi connectivity index (χ1v) is 8.74. The van der Waals surface area contributed by atoms with Gasteiger partial charge in [0.15, 0.2) is 0 Å². The first-order chi connectivity index (χ1) is 12.0. The summed E-state index contributed by atoms with van der Waals surface area (Å²) >= 11 is 1.31. The Bertz CT molecular complexity index is 730. The molecule has 0 bridgehead atoms. The topological polar surface area (TPSA) is 107 Å². The monoisotopic (exact) mass is 363 g/mol. The highest BCUT2D eigenvalue weighted by molar-refractivity contribution is 7.12. The smallest absolute Gasteiger partial charge is 0.224 e. The Hall–Kier alpha value is -2.06. The van der Waals surface area contributed by atoms with Gasteiger partial charge in [-0.2, -0.15) is 0 Å². The van der Waals surface area contributed by atoms with Crippen molar-refractivity contribution < 1.29 is 24.9 Å². The predicted molar refractivity (Wildman–Crippen MR) is 96.0 cm³/mol. The van der Waals surface area contributed by atoms with Gasteiger partial charge in [-0.1, -0.05) is 13.0 Å². The van der Waals surface area contributed by atoms with Crippen molar-refractivity contribution in [1.82, 2.24) is 0 Å². The van der Waals surface area contributed by atoms with E-state index in [1.807, 2.05) is 0 Å². The molecule has 25 heavy (non-hydrogen) atoms. The fourth-order valence-electron chi connectivity index (χ4n) is 2.43. The molecule has 2 rings (SSSR count). The Morgan fingerprint density at radius 1 is 1.12 bits per heavy atom. The lowest BCUT2D eigenvalue weighted by Gasteiger charge is -2.30. The Labute approximate surface area is 149 Å². The molecule has 4 N–H and O–H groups in total. The average Bonchev–Trinajstić information content (AvgIpc) is 3.18. The number of carbonyl (C=O) groups is 2. The fourth-order valence-corrected chi connectivity index (χ4v) is 3.11. The van der Waals surface area contributed by atoms with Crippen LogP contribution in [-0.2, 0) is 10.2 Å². The van der Waals surface area contributed by atoms with Crippen molar-refractivity contribution in [3.8, 4) is 0 Å². The van der Waals surface area contributed by atoms with E-state index in [1.54, 1.807) is 36.6 Å². The van der Waals surface area contributed by atoms with E-state index in [0.717, 1.165) is 0 Å². The van der Waals surface area contributed by atoms with E-state index < -0.39 is 25.2 Å².